The van der Waals surface area contributed by atoms with E-state index in [4.69, 9.17) is 9.15 Å². The number of nitrogens with one attached hydrogen (secondary N) is 1. The molecule has 0 spiro atoms. The number of nitrogens with zero attached hydrogens (tertiary/aromatic N) is 2. The van der Waals surface area contributed by atoms with Crippen LogP contribution in [0.5, 0.6) is 0 Å². The van der Waals surface area contributed by atoms with Crippen LogP contribution in [0.3, 0.4) is 0 Å². The van der Waals surface area contributed by atoms with Crippen molar-refractivity contribution in [1.29, 1.82) is 0 Å². The van der Waals surface area contributed by atoms with Crippen molar-refractivity contribution in [3.05, 3.63) is 63.5 Å². The Morgan fingerprint density at radius 3 is 2.76 bits per heavy atom. The minimum atomic E-state index is -0.519. The first-order valence-corrected chi connectivity index (χ1v) is 9.18. The molecule has 29 heavy (non-hydrogen) atoms. The summed E-state index contributed by atoms with van der Waals surface area (Å²) in [5, 5.41) is 0.745. The van der Waals surface area contributed by atoms with Gasteiger partial charge in [-0.25, -0.2) is 9.78 Å². The maximum Gasteiger partial charge on any atom is 0.355 e. The molecule has 8 nitrogen and oxygen atoms in total. The largest absolute Gasteiger partial charge is 0.461 e. The number of H-pyrrole nitrogens is 1. The molecule has 3 aromatic heterocycles. The summed E-state index contributed by atoms with van der Waals surface area (Å²) < 4.78 is 11.9. The number of aryl methyl sites for hydroxylation is 1. The Morgan fingerprint density at radius 2 is 2.00 bits per heavy atom. The van der Waals surface area contributed by atoms with Crippen LogP contribution in [0.15, 0.2) is 39.8 Å². The maximum absolute atomic E-state index is 12.9. The SMILES string of the molecule is CCOC(=O)c1[nH]c(C)c(C(=O)Cn2cnc3c(oc4ccccc43)c2=O)c1C. The molecular formula is C21H19N3O5. The number of hydrogen-bond donors (Lipinski definition) is 1. The molecule has 0 fully saturated rings. The summed E-state index contributed by atoms with van der Waals surface area (Å²) in [5.41, 5.74) is 2.35. The minimum absolute atomic E-state index is 0.108. The van der Waals surface area contributed by atoms with E-state index in [1.165, 1.54) is 10.9 Å². The van der Waals surface area contributed by atoms with E-state index in [1.54, 1.807) is 26.8 Å². The van der Waals surface area contributed by atoms with E-state index in [1.807, 2.05) is 18.2 Å². The van der Waals surface area contributed by atoms with Gasteiger partial charge in [-0.2, -0.15) is 0 Å². The Hall–Kier alpha value is -3.68. The third-order valence-corrected chi connectivity index (χ3v) is 4.86. The zero-order chi connectivity index (χ0) is 20.7. The van der Waals surface area contributed by atoms with Crippen molar-refractivity contribution >= 4 is 33.8 Å². The van der Waals surface area contributed by atoms with Crippen LogP contribution in [-0.2, 0) is 11.3 Å². The first kappa shape index (κ1) is 18.7. The summed E-state index contributed by atoms with van der Waals surface area (Å²) in [6.07, 6.45) is 1.34. The van der Waals surface area contributed by atoms with E-state index >= 15 is 0 Å². The number of esters is 1. The molecule has 4 rings (SSSR count). The van der Waals surface area contributed by atoms with Crippen LogP contribution in [0.1, 0.15) is 39.0 Å². The molecule has 3 heterocycles. The van der Waals surface area contributed by atoms with Crippen molar-refractivity contribution in [2.45, 2.75) is 27.3 Å². The van der Waals surface area contributed by atoms with Gasteiger partial charge in [0, 0.05) is 16.6 Å². The fraction of sp³-hybridized carbons (Fsp3) is 0.238. The molecule has 0 radical (unpaired) electrons. The lowest BCUT2D eigenvalue weighted by Crippen LogP contribution is -2.24. The van der Waals surface area contributed by atoms with E-state index in [0.29, 0.717) is 27.9 Å². The molecule has 0 saturated carbocycles. The molecule has 148 valence electrons. The van der Waals surface area contributed by atoms with Gasteiger partial charge in [0.2, 0.25) is 5.58 Å². The van der Waals surface area contributed by atoms with Crippen LogP contribution in [0.25, 0.3) is 22.1 Å². The van der Waals surface area contributed by atoms with Gasteiger partial charge >= 0.3 is 5.97 Å². The van der Waals surface area contributed by atoms with Gasteiger partial charge in [-0.3, -0.25) is 14.2 Å². The van der Waals surface area contributed by atoms with Crippen LogP contribution in [-0.4, -0.2) is 32.9 Å². The van der Waals surface area contributed by atoms with Crippen molar-refractivity contribution in [1.82, 2.24) is 14.5 Å². The number of aromatic amines is 1. The monoisotopic (exact) mass is 393 g/mol. The molecule has 0 saturated heterocycles. The lowest BCUT2D eigenvalue weighted by molar-refractivity contribution is 0.0519. The van der Waals surface area contributed by atoms with Gasteiger partial charge in [0.25, 0.3) is 5.56 Å². The van der Waals surface area contributed by atoms with E-state index in [0.717, 1.165) is 5.39 Å². The van der Waals surface area contributed by atoms with Gasteiger partial charge in [-0.15, -0.1) is 0 Å². The van der Waals surface area contributed by atoms with Crippen molar-refractivity contribution in [2.24, 2.45) is 0 Å². The van der Waals surface area contributed by atoms with Crippen LogP contribution in [0, 0.1) is 13.8 Å². The van der Waals surface area contributed by atoms with Crippen molar-refractivity contribution in [2.75, 3.05) is 6.61 Å². The second kappa shape index (κ2) is 7.05. The number of aromatic nitrogens is 3. The van der Waals surface area contributed by atoms with Gasteiger partial charge in [0.1, 0.15) is 16.8 Å². The highest BCUT2D eigenvalue weighted by atomic mass is 16.5. The minimum Gasteiger partial charge on any atom is -0.461 e. The van der Waals surface area contributed by atoms with Crippen molar-refractivity contribution < 1.29 is 18.7 Å². The highest BCUT2D eigenvalue weighted by Gasteiger charge is 2.23. The zero-order valence-electron chi connectivity index (χ0n) is 16.2. The summed E-state index contributed by atoms with van der Waals surface area (Å²) in [6.45, 7) is 5.10. The molecule has 0 aliphatic carbocycles. The number of furan rings is 1. The van der Waals surface area contributed by atoms with Gasteiger partial charge in [-0.1, -0.05) is 12.1 Å². The maximum atomic E-state index is 12.9. The molecular weight excluding hydrogens is 374 g/mol. The van der Waals surface area contributed by atoms with E-state index in [-0.39, 0.29) is 30.2 Å². The predicted octanol–water partition coefficient (Wildman–Crippen LogP) is 3.15. The Bertz CT molecular complexity index is 1330. The number of benzene rings is 1. The van der Waals surface area contributed by atoms with Crippen LogP contribution < -0.4 is 5.56 Å². The molecule has 0 aliphatic heterocycles. The smallest absolute Gasteiger partial charge is 0.355 e. The summed E-state index contributed by atoms with van der Waals surface area (Å²) in [7, 11) is 0. The topological polar surface area (TPSA) is 107 Å². The molecule has 0 aliphatic rings. The number of carbonyl (C=O) groups is 2. The van der Waals surface area contributed by atoms with Gasteiger partial charge in [0.05, 0.1) is 19.5 Å². The van der Waals surface area contributed by atoms with E-state index in [2.05, 4.69) is 9.97 Å². The van der Waals surface area contributed by atoms with Gasteiger partial charge in [0.15, 0.2) is 5.78 Å². The Morgan fingerprint density at radius 1 is 1.24 bits per heavy atom. The molecule has 0 bridgehead atoms. The number of rotatable bonds is 5. The van der Waals surface area contributed by atoms with E-state index < -0.39 is 11.5 Å². The molecule has 1 aromatic carbocycles. The summed E-state index contributed by atoms with van der Waals surface area (Å²) in [6, 6.07) is 7.24. The number of hydrogen-bond acceptors (Lipinski definition) is 6. The lowest BCUT2D eigenvalue weighted by Gasteiger charge is -2.05. The van der Waals surface area contributed by atoms with Gasteiger partial charge < -0.3 is 14.1 Å². The second-order valence-corrected chi connectivity index (χ2v) is 6.72. The summed E-state index contributed by atoms with van der Waals surface area (Å²) >= 11 is 0. The molecule has 1 N–H and O–H groups in total. The Balaban J connectivity index is 1.71. The normalized spacial score (nSPS) is 11.3. The summed E-state index contributed by atoms with van der Waals surface area (Å²) in [5.74, 6) is -0.833. The highest BCUT2D eigenvalue weighted by Crippen LogP contribution is 2.24. The number of ketones is 1. The zero-order valence-corrected chi connectivity index (χ0v) is 16.2. The first-order chi connectivity index (χ1) is 13.9. The first-order valence-electron chi connectivity index (χ1n) is 9.18. The molecule has 0 atom stereocenters. The molecule has 0 unspecified atom stereocenters. The molecule has 4 aromatic rings. The lowest BCUT2D eigenvalue weighted by atomic mass is 10.1. The highest BCUT2D eigenvalue weighted by molar-refractivity contribution is 6.03. The quantitative estimate of drug-likeness (QED) is 0.412. The van der Waals surface area contributed by atoms with Crippen LogP contribution >= 0.6 is 0 Å². The van der Waals surface area contributed by atoms with Crippen molar-refractivity contribution in [3.8, 4) is 0 Å². The number of fused-ring (bicyclic) bond motifs is 3. The second-order valence-electron chi connectivity index (χ2n) is 6.72. The average molecular weight is 393 g/mol. The number of para-hydroxylation sites is 1. The number of carbonyl (C=O) groups excluding carboxylic acids is 2. The number of Topliss-reactive ketones (excluding diaryl/α,β-unsaturated/α-hetero) is 1. The number of ether oxygens (including phenoxy) is 1. The summed E-state index contributed by atoms with van der Waals surface area (Å²) in [4.78, 5) is 45.0. The fourth-order valence-electron chi connectivity index (χ4n) is 3.54. The Kier molecular flexibility index (Phi) is 4.54. The van der Waals surface area contributed by atoms with Crippen molar-refractivity contribution in [3.63, 3.8) is 0 Å². The third kappa shape index (κ3) is 3.02. The Labute approximate surface area is 165 Å². The third-order valence-electron chi connectivity index (χ3n) is 4.86. The molecule has 8 heteroatoms. The molecule has 0 amide bonds. The van der Waals surface area contributed by atoms with Crippen LogP contribution in [0.4, 0.5) is 0 Å². The van der Waals surface area contributed by atoms with Gasteiger partial charge in [-0.05, 0) is 38.5 Å². The standard InChI is InChI=1S/C21H19N3O5/c1-4-28-21(27)17-11(2)16(12(3)23-17)14(25)9-24-10-22-18-13-7-5-6-8-15(13)29-19(18)20(24)26/h5-8,10,23H,4,9H2,1-3H3. The average Bonchev–Trinajstić information content (AvgIpc) is 3.22. The van der Waals surface area contributed by atoms with Crippen LogP contribution in [0.2, 0.25) is 0 Å². The predicted molar refractivity (Wildman–Crippen MR) is 106 cm³/mol. The fourth-order valence-corrected chi connectivity index (χ4v) is 3.54. The van der Waals surface area contributed by atoms with E-state index in [9.17, 15) is 14.4 Å².